The van der Waals surface area contributed by atoms with E-state index in [1.165, 1.54) is 0 Å². The van der Waals surface area contributed by atoms with Crippen LogP contribution in [-0.2, 0) is 0 Å². The molecule has 1 heterocycles. The molecular formula is C10H16ClNO. The Kier molecular flexibility index (Phi) is 5.51. The van der Waals surface area contributed by atoms with Crippen LogP contribution >= 0.6 is 12.4 Å². The van der Waals surface area contributed by atoms with Crippen molar-refractivity contribution in [1.82, 2.24) is 0 Å². The van der Waals surface area contributed by atoms with E-state index in [1.54, 1.807) is 0 Å². The summed E-state index contributed by atoms with van der Waals surface area (Å²) < 4.78 is 5.38. The molecule has 0 unspecified atom stereocenters. The summed E-state index contributed by atoms with van der Waals surface area (Å²) in [6.07, 6.45) is 3.70. The number of aryl methyl sites for hydroxylation is 1. The second kappa shape index (κ2) is 5.84. The molecular weight excluding hydrogens is 186 g/mol. The van der Waals surface area contributed by atoms with Crippen LogP contribution < -0.4 is 5.73 Å². The Morgan fingerprint density at radius 2 is 2.31 bits per heavy atom. The lowest BCUT2D eigenvalue weighted by molar-refractivity contribution is 0.436. The molecule has 1 aromatic rings. The Morgan fingerprint density at radius 3 is 2.77 bits per heavy atom. The van der Waals surface area contributed by atoms with E-state index in [4.69, 9.17) is 10.2 Å². The van der Waals surface area contributed by atoms with Gasteiger partial charge >= 0.3 is 0 Å². The Hall–Kier alpha value is -0.730. The molecule has 0 fully saturated rings. The lowest BCUT2D eigenvalue weighted by Gasteiger charge is -2.05. The first-order valence-corrected chi connectivity index (χ1v) is 4.17. The van der Waals surface area contributed by atoms with Gasteiger partial charge in [-0.3, -0.25) is 0 Å². The van der Waals surface area contributed by atoms with Gasteiger partial charge in [0.05, 0.1) is 6.04 Å². The van der Waals surface area contributed by atoms with E-state index in [0.29, 0.717) is 0 Å². The normalized spacial score (nSPS) is 11.8. The number of allylic oxidation sites excluding steroid dienone is 1. The van der Waals surface area contributed by atoms with Crippen molar-refractivity contribution in [2.75, 3.05) is 0 Å². The molecule has 3 heteroatoms. The van der Waals surface area contributed by atoms with Crippen molar-refractivity contribution in [1.29, 1.82) is 0 Å². The van der Waals surface area contributed by atoms with Gasteiger partial charge < -0.3 is 10.2 Å². The van der Waals surface area contributed by atoms with Crippen LogP contribution in [0.2, 0.25) is 0 Å². The van der Waals surface area contributed by atoms with Crippen molar-refractivity contribution >= 4 is 12.4 Å². The van der Waals surface area contributed by atoms with E-state index in [-0.39, 0.29) is 18.4 Å². The van der Waals surface area contributed by atoms with Gasteiger partial charge in [0.1, 0.15) is 11.5 Å². The average Bonchev–Trinajstić information content (AvgIpc) is 2.47. The number of hydrogen-bond acceptors (Lipinski definition) is 2. The minimum atomic E-state index is 0. The van der Waals surface area contributed by atoms with Gasteiger partial charge in [0.15, 0.2) is 0 Å². The molecule has 0 aliphatic rings. The molecule has 0 radical (unpaired) electrons. The third kappa shape index (κ3) is 3.66. The molecule has 2 nitrogen and oxygen atoms in total. The SMILES string of the molecule is C=CCC[C@H](N)c1ccc(C)o1.Cl. The highest BCUT2D eigenvalue weighted by atomic mass is 35.5. The second-order valence-electron chi connectivity index (χ2n) is 2.92. The summed E-state index contributed by atoms with van der Waals surface area (Å²) in [5, 5.41) is 0. The van der Waals surface area contributed by atoms with E-state index in [1.807, 2.05) is 25.1 Å². The fraction of sp³-hybridized carbons (Fsp3) is 0.400. The van der Waals surface area contributed by atoms with Gasteiger partial charge in [-0.2, -0.15) is 0 Å². The van der Waals surface area contributed by atoms with Crippen molar-refractivity contribution < 1.29 is 4.42 Å². The molecule has 0 amide bonds. The van der Waals surface area contributed by atoms with Gasteiger partial charge in [0.25, 0.3) is 0 Å². The van der Waals surface area contributed by atoms with Gasteiger partial charge in [0, 0.05) is 0 Å². The van der Waals surface area contributed by atoms with Gasteiger partial charge in [0.2, 0.25) is 0 Å². The Bertz CT molecular complexity index is 257. The lowest BCUT2D eigenvalue weighted by Crippen LogP contribution is -2.08. The van der Waals surface area contributed by atoms with Crippen molar-refractivity contribution in [3.8, 4) is 0 Å². The second-order valence-corrected chi connectivity index (χ2v) is 2.92. The molecule has 1 atom stereocenters. The highest BCUT2D eigenvalue weighted by Gasteiger charge is 2.07. The van der Waals surface area contributed by atoms with E-state index in [9.17, 15) is 0 Å². The van der Waals surface area contributed by atoms with Crippen LogP contribution in [0.4, 0.5) is 0 Å². The molecule has 0 saturated heterocycles. The van der Waals surface area contributed by atoms with E-state index >= 15 is 0 Å². The summed E-state index contributed by atoms with van der Waals surface area (Å²) in [4.78, 5) is 0. The molecule has 0 aliphatic heterocycles. The average molecular weight is 202 g/mol. The smallest absolute Gasteiger partial charge is 0.120 e. The fourth-order valence-electron chi connectivity index (χ4n) is 1.09. The topological polar surface area (TPSA) is 39.2 Å². The number of hydrogen-bond donors (Lipinski definition) is 1. The Labute approximate surface area is 85.2 Å². The highest BCUT2D eigenvalue weighted by Crippen LogP contribution is 2.18. The molecule has 0 saturated carbocycles. The zero-order chi connectivity index (χ0) is 8.97. The van der Waals surface area contributed by atoms with Crippen molar-refractivity contribution in [2.45, 2.75) is 25.8 Å². The van der Waals surface area contributed by atoms with Crippen LogP contribution in [0, 0.1) is 6.92 Å². The molecule has 74 valence electrons. The summed E-state index contributed by atoms with van der Waals surface area (Å²) >= 11 is 0. The van der Waals surface area contributed by atoms with Crippen molar-refractivity contribution in [2.24, 2.45) is 5.73 Å². The maximum absolute atomic E-state index is 5.85. The first kappa shape index (κ1) is 12.3. The van der Waals surface area contributed by atoms with E-state index in [0.717, 1.165) is 24.4 Å². The number of rotatable bonds is 4. The minimum absolute atomic E-state index is 0. The monoisotopic (exact) mass is 201 g/mol. The van der Waals surface area contributed by atoms with Crippen molar-refractivity contribution in [3.05, 3.63) is 36.3 Å². The minimum Gasteiger partial charge on any atom is -0.465 e. The zero-order valence-electron chi connectivity index (χ0n) is 7.82. The van der Waals surface area contributed by atoms with E-state index in [2.05, 4.69) is 6.58 Å². The predicted octanol–water partition coefficient (Wildman–Crippen LogP) is 2.98. The Balaban J connectivity index is 0.00000144. The predicted molar refractivity (Wildman–Crippen MR) is 57.1 cm³/mol. The van der Waals surface area contributed by atoms with Gasteiger partial charge in [-0.05, 0) is 31.9 Å². The number of halogens is 1. The lowest BCUT2D eigenvalue weighted by atomic mass is 10.1. The maximum atomic E-state index is 5.85. The summed E-state index contributed by atoms with van der Waals surface area (Å²) in [7, 11) is 0. The number of furan rings is 1. The molecule has 1 rings (SSSR count). The molecule has 2 N–H and O–H groups in total. The molecule has 0 bridgehead atoms. The summed E-state index contributed by atoms with van der Waals surface area (Å²) in [5.41, 5.74) is 5.85. The van der Waals surface area contributed by atoms with E-state index < -0.39 is 0 Å². The van der Waals surface area contributed by atoms with Crippen LogP contribution in [0.3, 0.4) is 0 Å². The first-order chi connectivity index (χ1) is 5.74. The summed E-state index contributed by atoms with van der Waals surface area (Å²) in [6.45, 7) is 5.57. The maximum Gasteiger partial charge on any atom is 0.120 e. The van der Waals surface area contributed by atoms with Crippen LogP contribution in [0.15, 0.2) is 29.2 Å². The molecule has 0 spiro atoms. The largest absolute Gasteiger partial charge is 0.465 e. The molecule has 0 aromatic carbocycles. The van der Waals surface area contributed by atoms with Gasteiger partial charge in [-0.15, -0.1) is 19.0 Å². The quantitative estimate of drug-likeness (QED) is 0.761. The van der Waals surface area contributed by atoms with Crippen LogP contribution in [0.1, 0.15) is 30.4 Å². The van der Waals surface area contributed by atoms with Crippen LogP contribution in [0.25, 0.3) is 0 Å². The highest BCUT2D eigenvalue weighted by molar-refractivity contribution is 5.85. The van der Waals surface area contributed by atoms with Crippen molar-refractivity contribution in [3.63, 3.8) is 0 Å². The molecule has 13 heavy (non-hydrogen) atoms. The summed E-state index contributed by atoms with van der Waals surface area (Å²) in [6, 6.07) is 3.88. The standard InChI is InChI=1S/C10H15NO.ClH/c1-3-4-5-9(11)10-7-6-8(2)12-10;/h3,6-7,9H,1,4-5,11H2,2H3;1H/t9-;/m0./s1. The molecule has 0 aliphatic carbocycles. The van der Waals surface area contributed by atoms with Gasteiger partial charge in [-0.1, -0.05) is 6.08 Å². The Morgan fingerprint density at radius 1 is 1.62 bits per heavy atom. The van der Waals surface area contributed by atoms with Crippen LogP contribution in [0.5, 0.6) is 0 Å². The zero-order valence-corrected chi connectivity index (χ0v) is 8.64. The first-order valence-electron chi connectivity index (χ1n) is 4.17. The molecule has 1 aromatic heterocycles. The number of nitrogens with two attached hydrogens (primary N) is 1. The van der Waals surface area contributed by atoms with Crippen LogP contribution in [-0.4, -0.2) is 0 Å². The fourth-order valence-corrected chi connectivity index (χ4v) is 1.09. The summed E-state index contributed by atoms with van der Waals surface area (Å²) in [5.74, 6) is 1.79. The third-order valence-corrected chi connectivity index (χ3v) is 1.81. The van der Waals surface area contributed by atoms with Gasteiger partial charge in [-0.25, -0.2) is 0 Å². The third-order valence-electron chi connectivity index (χ3n) is 1.81.